The molecule has 0 atom stereocenters. The Morgan fingerprint density at radius 1 is 0.872 bits per heavy atom. The second kappa shape index (κ2) is 11.7. The van der Waals surface area contributed by atoms with Crippen molar-refractivity contribution in [1.82, 2.24) is 4.72 Å². The molecule has 3 aromatic carbocycles. The predicted molar refractivity (Wildman–Crippen MR) is 142 cm³/mol. The van der Waals surface area contributed by atoms with Crippen molar-refractivity contribution in [2.75, 3.05) is 10.8 Å². The van der Waals surface area contributed by atoms with Crippen LogP contribution in [0.5, 0.6) is 5.75 Å². The number of sulfone groups is 1. The molecule has 11 nitrogen and oxygen atoms in total. The highest BCUT2D eigenvalue weighted by Crippen LogP contribution is 2.35. The number of anilines is 1. The zero-order chi connectivity index (χ0) is 28.8. The number of benzene rings is 3. The van der Waals surface area contributed by atoms with Crippen molar-refractivity contribution in [3.8, 4) is 5.75 Å². The number of nitrogens with one attached hydrogen (secondary N) is 1. The third-order valence-corrected chi connectivity index (χ3v) is 8.08. The summed E-state index contributed by atoms with van der Waals surface area (Å²) in [5, 5.41) is 9.47. The second-order valence-corrected chi connectivity index (χ2v) is 12.8. The first-order valence-corrected chi connectivity index (χ1v) is 14.5. The van der Waals surface area contributed by atoms with Gasteiger partial charge in [-0.25, -0.2) is 22.2 Å². The Bertz CT molecular complexity index is 1540. The fourth-order valence-corrected chi connectivity index (χ4v) is 5.69. The van der Waals surface area contributed by atoms with Crippen LogP contribution in [0.4, 0.5) is 10.5 Å². The molecule has 0 aliphatic heterocycles. The van der Waals surface area contributed by atoms with E-state index in [4.69, 9.17) is 9.47 Å². The van der Waals surface area contributed by atoms with Gasteiger partial charge in [-0.2, -0.15) is 8.42 Å². The maximum absolute atomic E-state index is 13.2. The van der Waals surface area contributed by atoms with Crippen LogP contribution in [0.15, 0.2) is 88.7 Å². The Hall–Kier alpha value is -4.10. The number of carbonyl (C=O) groups is 2. The SMILES string of the molecule is CC(C)(C)OC(=O)NS(=O)(=O)N(CC(=O)O)c1ccc(S(=O)(=O)c2ccccc2)cc1OCc1ccccc1. The molecule has 0 heterocycles. The average Bonchev–Trinajstić information content (AvgIpc) is 2.85. The zero-order valence-corrected chi connectivity index (χ0v) is 23.0. The van der Waals surface area contributed by atoms with Crippen molar-refractivity contribution < 1.29 is 41.0 Å². The van der Waals surface area contributed by atoms with Crippen molar-refractivity contribution >= 4 is 37.8 Å². The number of aliphatic carboxylic acids is 1. The van der Waals surface area contributed by atoms with Gasteiger partial charge >= 0.3 is 22.3 Å². The largest absolute Gasteiger partial charge is 0.487 e. The highest BCUT2D eigenvalue weighted by atomic mass is 32.2. The fourth-order valence-electron chi connectivity index (χ4n) is 3.34. The van der Waals surface area contributed by atoms with E-state index in [-0.39, 0.29) is 27.8 Å². The summed E-state index contributed by atoms with van der Waals surface area (Å²) in [7, 11) is -8.89. The molecule has 208 valence electrons. The summed E-state index contributed by atoms with van der Waals surface area (Å²) in [5.74, 6) is -1.79. The molecule has 3 aromatic rings. The number of ether oxygens (including phenoxy) is 2. The Kier molecular flexibility index (Phi) is 8.87. The minimum atomic E-state index is -4.85. The molecule has 1 amide bonds. The molecule has 0 aliphatic carbocycles. The lowest BCUT2D eigenvalue weighted by Crippen LogP contribution is -2.47. The van der Waals surface area contributed by atoms with Crippen molar-refractivity contribution in [3.63, 3.8) is 0 Å². The third kappa shape index (κ3) is 7.94. The van der Waals surface area contributed by atoms with Crippen LogP contribution in [0.1, 0.15) is 26.3 Å². The first-order valence-electron chi connectivity index (χ1n) is 11.6. The summed E-state index contributed by atoms with van der Waals surface area (Å²) < 4.78 is 65.7. The number of hydrogen-bond acceptors (Lipinski definition) is 8. The highest BCUT2D eigenvalue weighted by Gasteiger charge is 2.32. The van der Waals surface area contributed by atoms with E-state index in [1.165, 1.54) is 32.9 Å². The summed E-state index contributed by atoms with van der Waals surface area (Å²) in [4.78, 5) is 23.7. The summed E-state index contributed by atoms with van der Waals surface area (Å²) in [6.45, 7) is 3.37. The molecule has 0 spiro atoms. The highest BCUT2D eigenvalue weighted by molar-refractivity contribution is 7.91. The average molecular weight is 577 g/mol. The van der Waals surface area contributed by atoms with Crippen molar-refractivity contribution in [1.29, 1.82) is 0 Å². The van der Waals surface area contributed by atoms with Crippen LogP contribution in [0.25, 0.3) is 0 Å². The van der Waals surface area contributed by atoms with Crippen LogP contribution in [0, 0.1) is 0 Å². The first-order chi connectivity index (χ1) is 18.2. The van der Waals surface area contributed by atoms with E-state index in [1.54, 1.807) is 53.3 Å². The number of amides is 1. The molecule has 0 unspecified atom stereocenters. The van der Waals surface area contributed by atoms with Gasteiger partial charge in [0.15, 0.2) is 0 Å². The summed E-state index contributed by atoms with van der Waals surface area (Å²) in [6.07, 6.45) is -1.33. The lowest BCUT2D eigenvalue weighted by molar-refractivity contribution is -0.135. The monoisotopic (exact) mass is 576 g/mol. The van der Waals surface area contributed by atoms with Crippen LogP contribution < -0.4 is 13.8 Å². The summed E-state index contributed by atoms with van der Waals surface area (Å²) in [6, 6.07) is 19.7. The molecule has 0 aromatic heterocycles. The quantitative estimate of drug-likeness (QED) is 0.367. The first kappa shape index (κ1) is 29.5. The number of rotatable bonds is 10. The molecular formula is C26H28N2O9S2. The lowest BCUT2D eigenvalue weighted by Gasteiger charge is -2.26. The fraction of sp³-hybridized carbons (Fsp3) is 0.231. The van der Waals surface area contributed by atoms with E-state index in [1.807, 2.05) is 0 Å². The molecule has 0 aliphatic rings. The van der Waals surface area contributed by atoms with E-state index < -0.39 is 44.3 Å². The minimum absolute atomic E-state index is 0.00614. The molecule has 0 fully saturated rings. The van der Waals surface area contributed by atoms with Gasteiger partial charge in [0.1, 0.15) is 24.5 Å². The van der Waals surface area contributed by atoms with Gasteiger partial charge < -0.3 is 14.6 Å². The Labute approximate surface area is 227 Å². The van der Waals surface area contributed by atoms with E-state index in [9.17, 15) is 31.5 Å². The Morgan fingerprint density at radius 3 is 2.03 bits per heavy atom. The number of carbonyl (C=O) groups excluding carboxylic acids is 1. The maximum Gasteiger partial charge on any atom is 0.422 e. The maximum atomic E-state index is 13.2. The summed E-state index contributed by atoms with van der Waals surface area (Å²) in [5.41, 5.74) is -0.662. The number of carboxylic acid groups (broad SMARTS) is 1. The van der Waals surface area contributed by atoms with E-state index in [2.05, 4.69) is 0 Å². The third-order valence-electron chi connectivity index (χ3n) is 4.98. The Balaban J connectivity index is 2.10. The standard InChI is InChI=1S/C26H28N2O9S2/c1-26(2,3)37-25(31)27-39(34,35)28(17-24(29)30)22-15-14-21(38(32,33)20-12-8-5-9-13-20)16-23(22)36-18-19-10-6-4-7-11-19/h4-16H,17-18H2,1-3H3,(H,27,31)(H,29,30). The van der Waals surface area contributed by atoms with Crippen LogP contribution in [-0.2, 0) is 36.2 Å². The Morgan fingerprint density at radius 2 is 1.46 bits per heavy atom. The lowest BCUT2D eigenvalue weighted by atomic mass is 10.2. The van der Waals surface area contributed by atoms with Gasteiger partial charge in [-0.1, -0.05) is 48.5 Å². The van der Waals surface area contributed by atoms with Crippen molar-refractivity contribution in [3.05, 3.63) is 84.4 Å². The van der Waals surface area contributed by atoms with Crippen LogP contribution in [-0.4, -0.2) is 46.2 Å². The van der Waals surface area contributed by atoms with Gasteiger partial charge in [-0.05, 0) is 50.6 Å². The van der Waals surface area contributed by atoms with Crippen LogP contribution >= 0.6 is 0 Å². The van der Waals surface area contributed by atoms with Gasteiger partial charge in [-0.3, -0.25) is 4.79 Å². The van der Waals surface area contributed by atoms with Crippen molar-refractivity contribution in [2.24, 2.45) is 0 Å². The molecule has 39 heavy (non-hydrogen) atoms. The van der Waals surface area contributed by atoms with Gasteiger partial charge in [0, 0.05) is 6.07 Å². The minimum Gasteiger partial charge on any atom is -0.487 e. The molecular weight excluding hydrogens is 548 g/mol. The zero-order valence-electron chi connectivity index (χ0n) is 21.4. The van der Waals surface area contributed by atoms with Gasteiger partial charge in [0.05, 0.1) is 15.5 Å². The number of nitrogens with zero attached hydrogens (tertiary/aromatic N) is 1. The van der Waals surface area contributed by atoms with E-state index in [0.29, 0.717) is 9.87 Å². The molecule has 0 saturated carbocycles. The van der Waals surface area contributed by atoms with E-state index >= 15 is 0 Å². The topological polar surface area (TPSA) is 156 Å². The van der Waals surface area contributed by atoms with Gasteiger partial charge in [0.2, 0.25) is 9.84 Å². The number of hydrogen-bond donors (Lipinski definition) is 2. The second-order valence-electron chi connectivity index (χ2n) is 9.23. The predicted octanol–water partition coefficient (Wildman–Crippen LogP) is 3.76. The van der Waals surface area contributed by atoms with Crippen LogP contribution in [0.3, 0.4) is 0 Å². The molecule has 3 rings (SSSR count). The molecule has 0 radical (unpaired) electrons. The number of carboxylic acids is 1. The normalized spacial score (nSPS) is 11.9. The smallest absolute Gasteiger partial charge is 0.422 e. The van der Waals surface area contributed by atoms with Gasteiger partial charge in [-0.15, -0.1) is 0 Å². The van der Waals surface area contributed by atoms with E-state index in [0.717, 1.165) is 18.2 Å². The van der Waals surface area contributed by atoms with Crippen LogP contribution in [0.2, 0.25) is 0 Å². The molecule has 0 bridgehead atoms. The molecule has 2 N–H and O–H groups in total. The van der Waals surface area contributed by atoms with Crippen molar-refractivity contribution in [2.45, 2.75) is 42.8 Å². The molecule has 13 heteroatoms. The molecule has 0 saturated heterocycles. The van der Waals surface area contributed by atoms with Gasteiger partial charge in [0.25, 0.3) is 0 Å². The summed E-state index contributed by atoms with van der Waals surface area (Å²) >= 11 is 0.